The van der Waals surface area contributed by atoms with E-state index in [0.717, 1.165) is 44.3 Å². The zero-order chi connectivity index (χ0) is 17.4. The van der Waals surface area contributed by atoms with Gasteiger partial charge in [-0.25, -0.2) is 4.98 Å². The first-order valence-corrected chi connectivity index (χ1v) is 8.58. The van der Waals surface area contributed by atoms with Crippen molar-refractivity contribution in [1.82, 2.24) is 20.2 Å². The van der Waals surface area contributed by atoms with Crippen LogP contribution in [0.1, 0.15) is 35.4 Å². The molecule has 2 rings (SSSR count). The summed E-state index contributed by atoms with van der Waals surface area (Å²) in [5, 5.41) is 6.76. The van der Waals surface area contributed by atoms with Crippen molar-refractivity contribution in [1.29, 1.82) is 0 Å². The Kier molecular flexibility index (Phi) is 6.85. The second-order valence-electron chi connectivity index (χ2n) is 6.16. The summed E-state index contributed by atoms with van der Waals surface area (Å²) in [5.41, 5.74) is 3.92. The van der Waals surface area contributed by atoms with Gasteiger partial charge in [0.2, 0.25) is 0 Å². The van der Waals surface area contributed by atoms with Crippen LogP contribution in [-0.4, -0.2) is 29.1 Å². The normalized spacial score (nSPS) is 11.6. The van der Waals surface area contributed by atoms with E-state index in [9.17, 15) is 0 Å². The van der Waals surface area contributed by atoms with E-state index in [1.54, 1.807) is 0 Å². The molecular formula is C19H29N5. The van der Waals surface area contributed by atoms with E-state index in [4.69, 9.17) is 0 Å². The predicted octanol–water partition coefficient (Wildman–Crippen LogP) is 2.95. The molecule has 5 heteroatoms. The third kappa shape index (κ3) is 5.41. The first-order valence-electron chi connectivity index (χ1n) is 8.58. The minimum atomic E-state index is 0.792. The molecule has 5 nitrogen and oxygen atoms in total. The number of aliphatic imine (C=N–C) groups is 1. The quantitative estimate of drug-likeness (QED) is 0.467. The molecule has 0 saturated heterocycles. The molecule has 0 radical (unpaired) electrons. The molecule has 0 aliphatic heterocycles. The van der Waals surface area contributed by atoms with Crippen molar-refractivity contribution in [3.8, 4) is 0 Å². The average molecular weight is 327 g/mol. The standard InChI is InChI=1S/C19H29N5/c1-15-7-8-18(16(2)13-15)14-23-19(20-4)22-9-5-6-11-24-12-10-21-17(24)3/h7-8,10,12-13H,5-6,9,11,14H2,1-4H3,(H2,20,22,23). The van der Waals surface area contributed by atoms with Gasteiger partial charge >= 0.3 is 0 Å². The van der Waals surface area contributed by atoms with Crippen molar-refractivity contribution >= 4 is 5.96 Å². The minimum absolute atomic E-state index is 0.792. The maximum absolute atomic E-state index is 4.29. The molecule has 1 heterocycles. The fourth-order valence-electron chi connectivity index (χ4n) is 2.70. The van der Waals surface area contributed by atoms with Crippen LogP contribution < -0.4 is 10.6 Å². The summed E-state index contributed by atoms with van der Waals surface area (Å²) >= 11 is 0. The first-order chi connectivity index (χ1) is 11.6. The first kappa shape index (κ1) is 18.0. The number of aromatic nitrogens is 2. The van der Waals surface area contributed by atoms with Crippen LogP contribution in [0.15, 0.2) is 35.6 Å². The summed E-state index contributed by atoms with van der Waals surface area (Å²) in [7, 11) is 1.81. The lowest BCUT2D eigenvalue weighted by Crippen LogP contribution is -2.37. The van der Waals surface area contributed by atoms with Crippen molar-refractivity contribution in [2.45, 2.75) is 46.7 Å². The Morgan fingerprint density at radius 2 is 2.00 bits per heavy atom. The number of nitrogens with one attached hydrogen (secondary N) is 2. The lowest BCUT2D eigenvalue weighted by molar-refractivity contribution is 0.588. The van der Waals surface area contributed by atoms with Crippen LogP contribution in [0, 0.1) is 20.8 Å². The van der Waals surface area contributed by atoms with E-state index in [-0.39, 0.29) is 0 Å². The van der Waals surface area contributed by atoms with Gasteiger partial charge in [-0.3, -0.25) is 4.99 Å². The van der Waals surface area contributed by atoms with Crippen molar-refractivity contribution in [3.05, 3.63) is 53.1 Å². The van der Waals surface area contributed by atoms with Crippen LogP contribution >= 0.6 is 0 Å². The smallest absolute Gasteiger partial charge is 0.191 e. The van der Waals surface area contributed by atoms with E-state index in [1.165, 1.54) is 16.7 Å². The fraction of sp³-hybridized carbons (Fsp3) is 0.474. The number of rotatable bonds is 7. The Balaban J connectivity index is 1.68. The number of hydrogen-bond acceptors (Lipinski definition) is 2. The number of unbranched alkanes of at least 4 members (excludes halogenated alkanes) is 1. The molecule has 0 aliphatic rings. The minimum Gasteiger partial charge on any atom is -0.356 e. The summed E-state index contributed by atoms with van der Waals surface area (Å²) in [6, 6.07) is 6.54. The average Bonchev–Trinajstić information content (AvgIpc) is 2.96. The van der Waals surface area contributed by atoms with E-state index < -0.39 is 0 Å². The summed E-state index contributed by atoms with van der Waals surface area (Å²) < 4.78 is 2.19. The Bertz CT molecular complexity index is 672. The number of imidazole rings is 1. The van der Waals surface area contributed by atoms with Crippen molar-refractivity contribution in [2.75, 3.05) is 13.6 Å². The third-order valence-electron chi connectivity index (χ3n) is 4.21. The molecule has 0 spiro atoms. The van der Waals surface area contributed by atoms with Gasteiger partial charge in [0, 0.05) is 39.1 Å². The van der Waals surface area contributed by atoms with Gasteiger partial charge in [0.1, 0.15) is 5.82 Å². The monoisotopic (exact) mass is 327 g/mol. The Hall–Kier alpha value is -2.30. The van der Waals surface area contributed by atoms with Crippen LogP contribution in [0.5, 0.6) is 0 Å². The van der Waals surface area contributed by atoms with Crippen molar-refractivity contribution in [2.24, 2.45) is 4.99 Å². The SMILES string of the molecule is CN=C(NCCCCn1ccnc1C)NCc1ccc(C)cc1C. The third-order valence-corrected chi connectivity index (χ3v) is 4.21. The molecular weight excluding hydrogens is 298 g/mol. The highest BCUT2D eigenvalue weighted by atomic mass is 15.2. The maximum Gasteiger partial charge on any atom is 0.191 e. The second kappa shape index (κ2) is 9.11. The number of benzene rings is 1. The molecule has 0 fully saturated rings. The molecule has 0 atom stereocenters. The molecule has 0 amide bonds. The van der Waals surface area contributed by atoms with E-state index in [1.807, 2.05) is 26.4 Å². The van der Waals surface area contributed by atoms with Crippen LogP contribution in [0.3, 0.4) is 0 Å². The number of guanidine groups is 1. The van der Waals surface area contributed by atoms with Gasteiger partial charge in [0.25, 0.3) is 0 Å². The van der Waals surface area contributed by atoms with Crippen LogP contribution in [-0.2, 0) is 13.1 Å². The highest BCUT2D eigenvalue weighted by Gasteiger charge is 2.02. The molecule has 1 aromatic carbocycles. The van der Waals surface area contributed by atoms with Gasteiger partial charge in [-0.15, -0.1) is 0 Å². The van der Waals surface area contributed by atoms with Gasteiger partial charge in [0.05, 0.1) is 0 Å². The number of hydrogen-bond donors (Lipinski definition) is 2. The van der Waals surface area contributed by atoms with E-state index in [2.05, 4.69) is 57.2 Å². The predicted molar refractivity (Wildman–Crippen MR) is 100 cm³/mol. The number of aryl methyl sites for hydroxylation is 4. The van der Waals surface area contributed by atoms with Crippen molar-refractivity contribution in [3.63, 3.8) is 0 Å². The molecule has 0 aliphatic carbocycles. The molecule has 24 heavy (non-hydrogen) atoms. The number of nitrogens with zero attached hydrogens (tertiary/aromatic N) is 3. The zero-order valence-corrected chi connectivity index (χ0v) is 15.3. The van der Waals surface area contributed by atoms with Crippen LogP contribution in [0.2, 0.25) is 0 Å². The van der Waals surface area contributed by atoms with E-state index >= 15 is 0 Å². The van der Waals surface area contributed by atoms with Gasteiger partial charge in [0.15, 0.2) is 5.96 Å². The molecule has 0 bridgehead atoms. The van der Waals surface area contributed by atoms with Crippen LogP contribution in [0.25, 0.3) is 0 Å². The largest absolute Gasteiger partial charge is 0.356 e. The molecule has 130 valence electrons. The Labute approximate surface area is 145 Å². The summed E-state index contributed by atoms with van der Waals surface area (Å²) in [6.07, 6.45) is 6.11. The molecule has 2 aromatic rings. The van der Waals surface area contributed by atoms with Gasteiger partial charge in [-0.1, -0.05) is 23.8 Å². The van der Waals surface area contributed by atoms with Crippen molar-refractivity contribution < 1.29 is 0 Å². The highest BCUT2D eigenvalue weighted by Crippen LogP contribution is 2.09. The molecule has 2 N–H and O–H groups in total. The second-order valence-corrected chi connectivity index (χ2v) is 6.16. The van der Waals surface area contributed by atoms with Crippen LogP contribution in [0.4, 0.5) is 0 Å². The highest BCUT2D eigenvalue weighted by molar-refractivity contribution is 5.79. The fourth-order valence-corrected chi connectivity index (χ4v) is 2.70. The lowest BCUT2D eigenvalue weighted by Gasteiger charge is -2.13. The topological polar surface area (TPSA) is 54.2 Å². The summed E-state index contributed by atoms with van der Waals surface area (Å²) in [4.78, 5) is 8.53. The van der Waals surface area contributed by atoms with Gasteiger partial charge < -0.3 is 15.2 Å². The van der Waals surface area contributed by atoms with Gasteiger partial charge in [-0.05, 0) is 44.7 Å². The summed E-state index contributed by atoms with van der Waals surface area (Å²) in [5.74, 6) is 1.93. The molecule has 0 saturated carbocycles. The van der Waals surface area contributed by atoms with E-state index in [0.29, 0.717) is 0 Å². The Morgan fingerprint density at radius 1 is 1.17 bits per heavy atom. The molecule has 0 unspecified atom stereocenters. The lowest BCUT2D eigenvalue weighted by atomic mass is 10.1. The maximum atomic E-state index is 4.29. The summed E-state index contributed by atoms with van der Waals surface area (Å²) in [6.45, 7) is 9.04. The Morgan fingerprint density at radius 3 is 2.67 bits per heavy atom. The molecule has 1 aromatic heterocycles. The zero-order valence-electron chi connectivity index (χ0n) is 15.3. The van der Waals surface area contributed by atoms with Gasteiger partial charge in [-0.2, -0.15) is 0 Å².